The molecule has 1 saturated carbocycles. The minimum atomic E-state index is -0.0326. The molecule has 1 saturated heterocycles. The van der Waals surface area contributed by atoms with Crippen molar-refractivity contribution in [2.24, 2.45) is 0 Å². The Balaban J connectivity index is 1.51. The molecule has 1 N–H and O–H groups in total. The first-order valence-electron chi connectivity index (χ1n) is 10.5. The van der Waals surface area contributed by atoms with E-state index in [4.69, 9.17) is 9.47 Å². The molecule has 2 aromatic rings. The number of aryl methyl sites for hydroxylation is 1. The first kappa shape index (κ1) is 20.9. The summed E-state index contributed by atoms with van der Waals surface area (Å²) in [5, 5.41) is 11.2. The lowest BCUT2D eigenvalue weighted by Gasteiger charge is -2.37. The topological polar surface area (TPSA) is 75.1 Å². The molecule has 2 aliphatic rings. The lowest BCUT2D eigenvalue weighted by molar-refractivity contribution is 0.0577. The van der Waals surface area contributed by atoms with Crippen LogP contribution in [0.2, 0.25) is 0 Å². The number of thiazole rings is 1. The van der Waals surface area contributed by atoms with Crippen LogP contribution in [0.15, 0.2) is 12.1 Å². The van der Waals surface area contributed by atoms with Crippen LogP contribution in [-0.2, 0) is 0 Å². The largest absolute Gasteiger partial charge is 0.504 e. The van der Waals surface area contributed by atoms with E-state index >= 15 is 0 Å². The highest BCUT2D eigenvalue weighted by atomic mass is 32.1. The molecule has 2 heterocycles. The second kappa shape index (κ2) is 8.81. The monoisotopic (exact) mass is 431 g/mol. The molecule has 162 valence electrons. The molecule has 0 unspecified atom stereocenters. The molecule has 1 aliphatic heterocycles. The highest BCUT2D eigenvalue weighted by molar-refractivity contribution is 7.17. The van der Waals surface area contributed by atoms with Crippen LogP contribution in [0, 0.1) is 6.92 Å². The van der Waals surface area contributed by atoms with Crippen LogP contribution in [0.5, 0.6) is 17.2 Å². The molecule has 1 aromatic carbocycles. The summed E-state index contributed by atoms with van der Waals surface area (Å²) in [6.45, 7) is 5.24. The van der Waals surface area contributed by atoms with Crippen molar-refractivity contribution in [2.45, 2.75) is 38.6 Å². The Kier molecular flexibility index (Phi) is 6.15. The second-order valence-electron chi connectivity index (χ2n) is 7.90. The standard InChI is InChI=1S/C22H29N3O4S/c1-14-20(22(27)25-12-10-24(11-13-25)15-6-4-5-7-15)30-21(23-14)16-8-9-17(28-2)19(29-3)18(16)26/h8-9,15,26H,4-7,10-13H2,1-3H3. The number of methoxy groups -OCH3 is 2. The summed E-state index contributed by atoms with van der Waals surface area (Å²) in [7, 11) is 3.00. The molecular weight excluding hydrogens is 402 g/mol. The van der Waals surface area contributed by atoms with Crippen molar-refractivity contribution >= 4 is 17.2 Å². The number of carbonyl (C=O) groups is 1. The minimum Gasteiger partial charge on any atom is -0.504 e. The zero-order valence-electron chi connectivity index (χ0n) is 17.8. The van der Waals surface area contributed by atoms with Gasteiger partial charge in [-0.25, -0.2) is 4.98 Å². The van der Waals surface area contributed by atoms with Gasteiger partial charge < -0.3 is 19.5 Å². The van der Waals surface area contributed by atoms with Crippen LogP contribution in [0.25, 0.3) is 10.6 Å². The molecule has 30 heavy (non-hydrogen) atoms. The van der Waals surface area contributed by atoms with Crippen molar-refractivity contribution in [1.29, 1.82) is 0 Å². The van der Waals surface area contributed by atoms with E-state index in [-0.39, 0.29) is 17.4 Å². The van der Waals surface area contributed by atoms with Gasteiger partial charge in [-0.15, -0.1) is 11.3 Å². The number of aromatic nitrogens is 1. The maximum atomic E-state index is 13.2. The Morgan fingerprint density at radius 1 is 1.13 bits per heavy atom. The first-order valence-corrected chi connectivity index (χ1v) is 11.3. The molecule has 1 aliphatic carbocycles. The third-order valence-electron chi connectivity index (χ3n) is 6.18. The van der Waals surface area contributed by atoms with Crippen molar-refractivity contribution in [3.63, 3.8) is 0 Å². The van der Waals surface area contributed by atoms with Crippen LogP contribution in [0.3, 0.4) is 0 Å². The first-order chi connectivity index (χ1) is 14.5. The van der Waals surface area contributed by atoms with Crippen molar-refractivity contribution in [3.05, 3.63) is 22.7 Å². The Hall–Kier alpha value is -2.32. The highest BCUT2D eigenvalue weighted by Gasteiger charge is 2.30. The van der Waals surface area contributed by atoms with E-state index < -0.39 is 0 Å². The third-order valence-corrected chi connectivity index (χ3v) is 7.36. The summed E-state index contributed by atoms with van der Waals surface area (Å²) in [5.41, 5.74) is 1.22. The fraction of sp³-hybridized carbons (Fsp3) is 0.545. The predicted molar refractivity (Wildman–Crippen MR) is 117 cm³/mol. The molecular formula is C22H29N3O4S. The molecule has 0 bridgehead atoms. The number of phenolic OH excluding ortho intramolecular Hbond substituents is 1. The number of amides is 1. The number of rotatable bonds is 5. The lowest BCUT2D eigenvalue weighted by atomic mass is 10.1. The average molecular weight is 432 g/mol. The van der Waals surface area contributed by atoms with Crippen LogP contribution >= 0.6 is 11.3 Å². The number of phenols is 1. The molecule has 0 atom stereocenters. The number of ether oxygens (including phenoxy) is 2. The van der Waals surface area contributed by atoms with Gasteiger partial charge in [0.15, 0.2) is 11.5 Å². The van der Waals surface area contributed by atoms with Gasteiger partial charge in [0.25, 0.3) is 5.91 Å². The number of nitrogens with zero attached hydrogens (tertiary/aromatic N) is 3. The van der Waals surface area contributed by atoms with Gasteiger partial charge in [0.05, 0.1) is 25.5 Å². The number of hydrogen-bond acceptors (Lipinski definition) is 7. The summed E-state index contributed by atoms with van der Waals surface area (Å²) < 4.78 is 10.5. The molecule has 0 spiro atoms. The van der Waals surface area contributed by atoms with Gasteiger partial charge in [-0.2, -0.15) is 0 Å². The van der Waals surface area contributed by atoms with Crippen LogP contribution in [0.4, 0.5) is 0 Å². The van der Waals surface area contributed by atoms with Crippen LogP contribution in [-0.4, -0.2) is 72.2 Å². The van der Waals surface area contributed by atoms with Crippen molar-refractivity contribution in [1.82, 2.24) is 14.8 Å². The van der Waals surface area contributed by atoms with E-state index in [0.29, 0.717) is 32.9 Å². The summed E-state index contributed by atoms with van der Waals surface area (Å²) in [6.07, 6.45) is 5.24. The van der Waals surface area contributed by atoms with Crippen LogP contribution < -0.4 is 9.47 Å². The smallest absolute Gasteiger partial charge is 0.265 e. The van der Waals surface area contributed by atoms with E-state index in [0.717, 1.165) is 26.2 Å². The number of aromatic hydroxyl groups is 1. The summed E-state index contributed by atoms with van der Waals surface area (Å²) in [6, 6.07) is 4.17. The maximum Gasteiger partial charge on any atom is 0.265 e. The van der Waals surface area contributed by atoms with Crippen molar-refractivity contribution in [2.75, 3.05) is 40.4 Å². The number of piperazine rings is 1. The van der Waals surface area contributed by atoms with Crippen molar-refractivity contribution < 1.29 is 19.4 Å². The van der Waals surface area contributed by atoms with E-state index in [1.807, 2.05) is 11.8 Å². The van der Waals surface area contributed by atoms with E-state index in [9.17, 15) is 9.90 Å². The zero-order chi connectivity index (χ0) is 21.3. The van der Waals surface area contributed by atoms with Gasteiger partial charge in [0.2, 0.25) is 5.75 Å². The summed E-state index contributed by atoms with van der Waals surface area (Å²) in [4.78, 5) is 22.9. The van der Waals surface area contributed by atoms with E-state index in [1.54, 1.807) is 12.1 Å². The summed E-state index contributed by atoms with van der Waals surface area (Å²) >= 11 is 1.31. The molecule has 0 radical (unpaired) electrons. The number of hydrogen-bond donors (Lipinski definition) is 1. The zero-order valence-corrected chi connectivity index (χ0v) is 18.6. The molecule has 7 nitrogen and oxygen atoms in total. The predicted octanol–water partition coefficient (Wildman–Crippen LogP) is 3.54. The Morgan fingerprint density at radius 2 is 1.83 bits per heavy atom. The average Bonchev–Trinajstić information content (AvgIpc) is 3.43. The fourth-order valence-electron chi connectivity index (χ4n) is 4.50. The number of carbonyl (C=O) groups excluding carboxylic acids is 1. The van der Waals surface area contributed by atoms with Crippen LogP contribution in [0.1, 0.15) is 41.0 Å². The van der Waals surface area contributed by atoms with E-state index in [1.165, 1.54) is 51.2 Å². The lowest BCUT2D eigenvalue weighted by Crippen LogP contribution is -2.51. The fourth-order valence-corrected chi connectivity index (χ4v) is 5.56. The quantitative estimate of drug-likeness (QED) is 0.781. The normalized spacial score (nSPS) is 18.0. The van der Waals surface area contributed by atoms with Gasteiger partial charge in [-0.05, 0) is 31.9 Å². The Labute approximate surface area is 181 Å². The minimum absolute atomic E-state index is 0.0299. The highest BCUT2D eigenvalue weighted by Crippen LogP contribution is 2.44. The van der Waals surface area contributed by atoms with Gasteiger partial charge in [-0.3, -0.25) is 9.69 Å². The molecule has 2 fully saturated rings. The van der Waals surface area contributed by atoms with Gasteiger partial charge in [-0.1, -0.05) is 12.8 Å². The third kappa shape index (κ3) is 3.86. The molecule has 4 rings (SSSR count). The molecule has 1 amide bonds. The number of benzene rings is 1. The Morgan fingerprint density at radius 3 is 2.47 bits per heavy atom. The molecule has 8 heteroatoms. The maximum absolute atomic E-state index is 13.2. The van der Waals surface area contributed by atoms with Gasteiger partial charge in [0.1, 0.15) is 9.88 Å². The van der Waals surface area contributed by atoms with Gasteiger partial charge in [0, 0.05) is 32.2 Å². The second-order valence-corrected chi connectivity index (χ2v) is 8.90. The Bertz CT molecular complexity index is 915. The van der Waals surface area contributed by atoms with E-state index in [2.05, 4.69) is 9.88 Å². The van der Waals surface area contributed by atoms with Gasteiger partial charge >= 0.3 is 0 Å². The SMILES string of the molecule is COc1ccc(-c2nc(C)c(C(=O)N3CCN(C4CCCC4)CC3)s2)c(O)c1OC. The van der Waals surface area contributed by atoms with Crippen molar-refractivity contribution in [3.8, 4) is 27.8 Å². The molecule has 1 aromatic heterocycles. The summed E-state index contributed by atoms with van der Waals surface area (Å²) in [5.74, 6) is 0.708.